The van der Waals surface area contributed by atoms with Gasteiger partial charge in [0.1, 0.15) is 13.2 Å². The first-order valence-corrected chi connectivity index (χ1v) is 34.4. The van der Waals surface area contributed by atoms with Gasteiger partial charge in [-0.15, -0.1) is 0 Å². The third-order valence-electron chi connectivity index (χ3n) is 15.2. The lowest BCUT2D eigenvalue weighted by Crippen LogP contribution is -2.30. The molecule has 0 rings (SSSR count). The molecule has 0 aliphatic carbocycles. The van der Waals surface area contributed by atoms with Gasteiger partial charge < -0.3 is 14.2 Å². The van der Waals surface area contributed by atoms with Crippen LogP contribution in [-0.2, 0) is 28.6 Å². The fraction of sp³-hybridized carbons (Fsp3) is 0.795. The van der Waals surface area contributed by atoms with Gasteiger partial charge in [0.2, 0.25) is 0 Å². The van der Waals surface area contributed by atoms with Crippen LogP contribution in [-0.4, -0.2) is 37.2 Å². The molecule has 0 aromatic heterocycles. The lowest BCUT2D eigenvalue weighted by molar-refractivity contribution is -0.167. The molecule has 0 heterocycles. The fourth-order valence-corrected chi connectivity index (χ4v) is 10.1. The zero-order valence-electron chi connectivity index (χ0n) is 52.6. The molecular formula is C73H130O6. The minimum Gasteiger partial charge on any atom is -0.462 e. The second kappa shape index (κ2) is 67.4. The number of allylic oxidation sites excluding steroid dienone is 12. The molecule has 0 aromatic rings. The third kappa shape index (κ3) is 65.5. The van der Waals surface area contributed by atoms with Crippen molar-refractivity contribution in [3.05, 3.63) is 72.9 Å². The maximum Gasteiger partial charge on any atom is 0.306 e. The number of carbonyl (C=O) groups excluding carboxylic acids is 3. The summed E-state index contributed by atoms with van der Waals surface area (Å²) in [5.41, 5.74) is 0. The van der Waals surface area contributed by atoms with E-state index in [1.807, 2.05) is 0 Å². The molecule has 6 nitrogen and oxygen atoms in total. The van der Waals surface area contributed by atoms with Crippen molar-refractivity contribution >= 4 is 17.9 Å². The average molecular weight is 1100 g/mol. The SMILES string of the molecule is CC/C=C\C/C=C\C/C=C\C/C=C\CCCCCCCCCCCCC(=O)OCC(COC(=O)CCCCCCC/C=C\C/C=C\CCCCC)OC(=O)CCCCCCCCCCCCCCCCCCCCCCCCC. The molecule has 0 spiro atoms. The van der Waals surface area contributed by atoms with Crippen LogP contribution >= 0.6 is 0 Å². The maximum absolute atomic E-state index is 13.0. The smallest absolute Gasteiger partial charge is 0.306 e. The Balaban J connectivity index is 4.32. The molecule has 1 unspecified atom stereocenters. The minimum atomic E-state index is -0.783. The van der Waals surface area contributed by atoms with Gasteiger partial charge in [-0.1, -0.05) is 318 Å². The Bertz CT molecular complexity index is 1450. The molecule has 0 aliphatic heterocycles. The molecule has 1 atom stereocenters. The second-order valence-corrected chi connectivity index (χ2v) is 23.1. The number of carbonyl (C=O) groups is 3. The van der Waals surface area contributed by atoms with Crippen LogP contribution in [0.15, 0.2) is 72.9 Å². The van der Waals surface area contributed by atoms with Gasteiger partial charge in [-0.2, -0.15) is 0 Å². The standard InChI is InChI=1S/C73H130O6/c1-4-7-10-13-16-19-22-25-28-30-32-34-36-38-40-42-45-48-51-54-57-60-63-66-72(75)78-69-70(68-77-71(74)65-62-59-56-53-50-47-44-27-24-21-18-15-12-9-6-3)79-73(76)67-64-61-58-55-52-49-46-43-41-39-37-35-33-31-29-26-23-20-17-14-11-8-5-2/h7,10,16,18-19,21,25,27-28,32,34,44,70H,4-6,8-9,11-15,17,20,22-24,26,29-31,33,35-43,45-69H2,1-3H3/b10-7-,19-16-,21-18-,28-25-,34-32-,44-27-. The lowest BCUT2D eigenvalue weighted by atomic mass is 10.0. The predicted molar refractivity (Wildman–Crippen MR) is 344 cm³/mol. The van der Waals surface area contributed by atoms with Crippen LogP contribution in [0, 0.1) is 0 Å². The van der Waals surface area contributed by atoms with E-state index in [-0.39, 0.29) is 31.1 Å². The highest BCUT2D eigenvalue weighted by Crippen LogP contribution is 2.18. The number of rotatable bonds is 63. The van der Waals surface area contributed by atoms with E-state index in [0.29, 0.717) is 19.3 Å². The fourth-order valence-electron chi connectivity index (χ4n) is 10.1. The highest BCUT2D eigenvalue weighted by molar-refractivity contribution is 5.71. The molecule has 0 aromatic carbocycles. The molecule has 0 aliphatic rings. The van der Waals surface area contributed by atoms with E-state index < -0.39 is 6.10 Å². The van der Waals surface area contributed by atoms with Crippen LogP contribution in [0.5, 0.6) is 0 Å². The highest BCUT2D eigenvalue weighted by Gasteiger charge is 2.19. The molecule has 0 saturated carbocycles. The maximum atomic E-state index is 13.0. The molecule has 0 N–H and O–H groups in total. The monoisotopic (exact) mass is 1100 g/mol. The van der Waals surface area contributed by atoms with Crippen LogP contribution in [0.25, 0.3) is 0 Å². The third-order valence-corrected chi connectivity index (χ3v) is 15.2. The molecule has 0 radical (unpaired) electrons. The van der Waals surface area contributed by atoms with Crippen molar-refractivity contribution in [2.45, 2.75) is 361 Å². The Morgan fingerprint density at radius 1 is 0.266 bits per heavy atom. The average Bonchev–Trinajstić information content (AvgIpc) is 3.45. The largest absolute Gasteiger partial charge is 0.462 e. The van der Waals surface area contributed by atoms with Gasteiger partial charge >= 0.3 is 17.9 Å². The Labute approximate surface area is 491 Å². The molecule has 79 heavy (non-hydrogen) atoms. The summed E-state index contributed by atoms with van der Waals surface area (Å²) in [6.45, 7) is 6.54. The van der Waals surface area contributed by atoms with E-state index in [1.165, 1.54) is 212 Å². The van der Waals surface area contributed by atoms with Crippen molar-refractivity contribution in [2.24, 2.45) is 0 Å². The molecule has 0 fully saturated rings. The van der Waals surface area contributed by atoms with Crippen LogP contribution in [0.4, 0.5) is 0 Å². The quantitative estimate of drug-likeness (QED) is 0.0261. The van der Waals surface area contributed by atoms with Gasteiger partial charge in [0.25, 0.3) is 0 Å². The summed E-state index contributed by atoms with van der Waals surface area (Å²) in [4.78, 5) is 38.4. The highest BCUT2D eigenvalue weighted by atomic mass is 16.6. The zero-order chi connectivity index (χ0) is 57.1. The van der Waals surface area contributed by atoms with E-state index in [1.54, 1.807) is 0 Å². The van der Waals surface area contributed by atoms with Crippen molar-refractivity contribution in [1.29, 1.82) is 0 Å². The molecule has 0 saturated heterocycles. The first-order valence-electron chi connectivity index (χ1n) is 34.4. The summed E-state index contributed by atoms with van der Waals surface area (Å²) in [6.07, 6.45) is 87.8. The lowest BCUT2D eigenvalue weighted by Gasteiger charge is -2.18. The topological polar surface area (TPSA) is 78.9 Å². The molecule has 0 bridgehead atoms. The molecular weight excluding hydrogens is 973 g/mol. The number of unbranched alkanes of at least 4 members (excludes halogenated alkanes) is 40. The molecule has 0 amide bonds. The van der Waals surface area contributed by atoms with Crippen molar-refractivity contribution in [3.8, 4) is 0 Å². The number of esters is 3. The molecule has 458 valence electrons. The first kappa shape index (κ1) is 75.8. The zero-order valence-corrected chi connectivity index (χ0v) is 52.6. The van der Waals surface area contributed by atoms with E-state index >= 15 is 0 Å². The van der Waals surface area contributed by atoms with Crippen LogP contribution in [0.1, 0.15) is 355 Å². The van der Waals surface area contributed by atoms with E-state index in [2.05, 4.69) is 93.7 Å². The Morgan fingerprint density at radius 2 is 0.494 bits per heavy atom. The van der Waals surface area contributed by atoms with Crippen molar-refractivity contribution in [2.75, 3.05) is 13.2 Å². The minimum absolute atomic E-state index is 0.0790. The van der Waals surface area contributed by atoms with E-state index in [4.69, 9.17) is 14.2 Å². The van der Waals surface area contributed by atoms with Crippen molar-refractivity contribution in [3.63, 3.8) is 0 Å². The Morgan fingerprint density at radius 3 is 0.797 bits per heavy atom. The first-order chi connectivity index (χ1) is 39.0. The van der Waals surface area contributed by atoms with Gasteiger partial charge in [0.15, 0.2) is 6.10 Å². The van der Waals surface area contributed by atoms with Gasteiger partial charge in [-0.3, -0.25) is 14.4 Å². The van der Waals surface area contributed by atoms with Gasteiger partial charge in [-0.25, -0.2) is 0 Å². The van der Waals surface area contributed by atoms with Gasteiger partial charge in [0.05, 0.1) is 0 Å². The number of hydrogen-bond acceptors (Lipinski definition) is 6. The van der Waals surface area contributed by atoms with Crippen molar-refractivity contribution in [1.82, 2.24) is 0 Å². The summed E-state index contributed by atoms with van der Waals surface area (Å²) >= 11 is 0. The Hall–Kier alpha value is -3.15. The number of ether oxygens (including phenoxy) is 3. The summed E-state index contributed by atoms with van der Waals surface area (Å²) in [6, 6.07) is 0. The van der Waals surface area contributed by atoms with E-state index in [9.17, 15) is 14.4 Å². The number of hydrogen-bond donors (Lipinski definition) is 0. The van der Waals surface area contributed by atoms with Gasteiger partial charge in [0, 0.05) is 19.3 Å². The molecule has 6 heteroatoms. The summed E-state index contributed by atoms with van der Waals surface area (Å²) in [7, 11) is 0. The van der Waals surface area contributed by atoms with Crippen LogP contribution in [0.2, 0.25) is 0 Å². The van der Waals surface area contributed by atoms with Crippen LogP contribution in [0.3, 0.4) is 0 Å². The van der Waals surface area contributed by atoms with Gasteiger partial charge in [-0.05, 0) is 89.9 Å². The van der Waals surface area contributed by atoms with Crippen LogP contribution < -0.4 is 0 Å². The van der Waals surface area contributed by atoms with E-state index in [0.717, 1.165) is 103 Å². The predicted octanol–water partition coefficient (Wildman–Crippen LogP) is 23.7. The summed E-state index contributed by atoms with van der Waals surface area (Å²) < 4.78 is 17.0. The summed E-state index contributed by atoms with van der Waals surface area (Å²) in [5, 5.41) is 0. The Kier molecular flexibility index (Phi) is 64.7. The normalized spacial score (nSPS) is 12.5. The second-order valence-electron chi connectivity index (χ2n) is 23.1. The summed E-state index contributed by atoms with van der Waals surface area (Å²) in [5.74, 6) is -0.876. The van der Waals surface area contributed by atoms with Crippen molar-refractivity contribution < 1.29 is 28.6 Å².